The van der Waals surface area contributed by atoms with E-state index in [9.17, 15) is 8.42 Å². The van der Waals surface area contributed by atoms with Gasteiger partial charge in [0.05, 0.1) is 10.6 Å². The molecular weight excluding hydrogens is 384 g/mol. The van der Waals surface area contributed by atoms with E-state index in [0.717, 1.165) is 20.8 Å². The van der Waals surface area contributed by atoms with Gasteiger partial charge >= 0.3 is 0 Å². The first-order chi connectivity index (χ1) is 10.4. The van der Waals surface area contributed by atoms with E-state index in [1.165, 1.54) is 0 Å². The summed E-state index contributed by atoms with van der Waals surface area (Å²) in [5.41, 5.74) is 0.723. The van der Waals surface area contributed by atoms with Crippen LogP contribution in [0.4, 0.5) is 0 Å². The molecule has 0 saturated heterocycles. The number of rotatable bonds is 3. The molecule has 0 N–H and O–H groups in total. The molecular formula is C17H12BrClO2S. The zero-order valence-electron chi connectivity index (χ0n) is 11.5. The van der Waals surface area contributed by atoms with E-state index in [1.54, 1.807) is 36.4 Å². The molecule has 0 aliphatic heterocycles. The second kappa shape index (κ2) is 6.03. The molecule has 0 unspecified atom stereocenters. The van der Waals surface area contributed by atoms with Gasteiger partial charge in [-0.2, -0.15) is 0 Å². The highest BCUT2D eigenvalue weighted by Gasteiger charge is 2.15. The minimum Gasteiger partial charge on any atom is -0.223 e. The summed E-state index contributed by atoms with van der Waals surface area (Å²) in [5.74, 6) is -0.0355. The van der Waals surface area contributed by atoms with E-state index < -0.39 is 9.84 Å². The molecule has 112 valence electrons. The Balaban J connectivity index is 1.97. The first-order valence-electron chi connectivity index (χ1n) is 6.61. The van der Waals surface area contributed by atoms with E-state index in [-0.39, 0.29) is 5.75 Å². The van der Waals surface area contributed by atoms with Gasteiger partial charge in [-0.05, 0) is 52.7 Å². The molecule has 3 aromatic carbocycles. The van der Waals surface area contributed by atoms with Crippen LogP contribution in [0.3, 0.4) is 0 Å². The van der Waals surface area contributed by atoms with E-state index in [2.05, 4.69) is 15.9 Å². The molecule has 0 aliphatic rings. The summed E-state index contributed by atoms with van der Waals surface area (Å²) in [6.45, 7) is 0. The van der Waals surface area contributed by atoms with Crippen molar-refractivity contribution in [1.29, 1.82) is 0 Å². The van der Waals surface area contributed by atoms with Crippen LogP contribution in [-0.2, 0) is 15.6 Å². The quantitative estimate of drug-likeness (QED) is 0.608. The Bertz CT molecular complexity index is 935. The SMILES string of the molecule is O=S(=O)(Cc1ccc(Cl)cc1)c1ccc2cc(Br)ccc2c1. The van der Waals surface area contributed by atoms with Crippen LogP contribution in [0, 0.1) is 0 Å². The average Bonchev–Trinajstić information content (AvgIpc) is 2.49. The Kier molecular flexibility index (Phi) is 4.26. The molecule has 0 spiro atoms. The van der Waals surface area contributed by atoms with Crippen molar-refractivity contribution >= 4 is 48.1 Å². The molecule has 0 bridgehead atoms. The van der Waals surface area contributed by atoms with Crippen molar-refractivity contribution in [2.24, 2.45) is 0 Å². The zero-order chi connectivity index (χ0) is 15.7. The van der Waals surface area contributed by atoms with Crippen molar-refractivity contribution in [2.45, 2.75) is 10.6 Å². The highest BCUT2D eigenvalue weighted by atomic mass is 79.9. The molecule has 0 heterocycles. The largest absolute Gasteiger partial charge is 0.223 e. The highest BCUT2D eigenvalue weighted by molar-refractivity contribution is 9.10. The normalized spacial score (nSPS) is 11.7. The van der Waals surface area contributed by atoms with Crippen LogP contribution >= 0.6 is 27.5 Å². The van der Waals surface area contributed by atoms with E-state index in [0.29, 0.717) is 9.92 Å². The van der Waals surface area contributed by atoms with Crippen molar-refractivity contribution in [3.05, 3.63) is 75.7 Å². The Hall–Kier alpha value is -1.36. The van der Waals surface area contributed by atoms with Gasteiger partial charge in [-0.3, -0.25) is 0 Å². The summed E-state index contributed by atoms with van der Waals surface area (Å²) < 4.78 is 26.1. The van der Waals surface area contributed by atoms with Crippen LogP contribution in [0.25, 0.3) is 10.8 Å². The number of fused-ring (bicyclic) bond motifs is 1. The maximum atomic E-state index is 12.6. The van der Waals surface area contributed by atoms with Crippen molar-refractivity contribution < 1.29 is 8.42 Å². The summed E-state index contributed by atoms with van der Waals surface area (Å²) in [4.78, 5) is 0.331. The van der Waals surface area contributed by atoms with Gasteiger partial charge in [-0.25, -0.2) is 8.42 Å². The van der Waals surface area contributed by atoms with Crippen LogP contribution in [0.5, 0.6) is 0 Å². The number of hydrogen-bond donors (Lipinski definition) is 0. The molecule has 3 rings (SSSR count). The Morgan fingerprint density at radius 2 is 1.50 bits per heavy atom. The minimum absolute atomic E-state index is 0.0355. The lowest BCUT2D eigenvalue weighted by Gasteiger charge is -2.07. The van der Waals surface area contributed by atoms with Gasteiger partial charge in [-0.1, -0.05) is 51.8 Å². The topological polar surface area (TPSA) is 34.1 Å². The smallest absolute Gasteiger partial charge is 0.182 e. The summed E-state index contributed by atoms with van der Waals surface area (Å²) in [6.07, 6.45) is 0. The molecule has 0 radical (unpaired) electrons. The fourth-order valence-corrected chi connectivity index (χ4v) is 4.16. The predicted molar refractivity (Wildman–Crippen MR) is 94.0 cm³/mol. The summed E-state index contributed by atoms with van der Waals surface area (Å²) in [7, 11) is -3.38. The molecule has 0 aliphatic carbocycles. The van der Waals surface area contributed by atoms with Crippen molar-refractivity contribution in [1.82, 2.24) is 0 Å². The maximum absolute atomic E-state index is 12.6. The molecule has 0 aromatic heterocycles. The first-order valence-corrected chi connectivity index (χ1v) is 9.43. The van der Waals surface area contributed by atoms with Gasteiger partial charge in [-0.15, -0.1) is 0 Å². The second-order valence-corrected chi connectivity index (χ2v) is 8.38. The number of benzene rings is 3. The first kappa shape index (κ1) is 15.5. The number of sulfone groups is 1. The standard InChI is InChI=1S/C17H12BrClO2S/c18-15-5-3-14-10-17(8-4-13(14)9-15)22(20,21)11-12-1-6-16(19)7-2-12/h1-10H,11H2. The lowest BCUT2D eigenvalue weighted by Crippen LogP contribution is -2.04. The third-order valence-corrected chi connectivity index (χ3v) is 5.83. The van der Waals surface area contributed by atoms with Crippen LogP contribution in [0.1, 0.15) is 5.56 Å². The summed E-state index contributed by atoms with van der Waals surface area (Å²) in [6, 6.07) is 17.8. The predicted octanol–water partition coefficient (Wildman–Crippen LogP) is 5.23. The highest BCUT2D eigenvalue weighted by Crippen LogP contribution is 2.25. The van der Waals surface area contributed by atoms with Crippen molar-refractivity contribution in [2.75, 3.05) is 0 Å². The van der Waals surface area contributed by atoms with E-state index >= 15 is 0 Å². The van der Waals surface area contributed by atoms with Gasteiger partial charge in [0.2, 0.25) is 0 Å². The fraction of sp³-hybridized carbons (Fsp3) is 0.0588. The molecule has 0 saturated carbocycles. The number of hydrogen-bond acceptors (Lipinski definition) is 2. The van der Waals surface area contributed by atoms with Crippen molar-refractivity contribution in [3.63, 3.8) is 0 Å². The van der Waals surface area contributed by atoms with Crippen LogP contribution in [-0.4, -0.2) is 8.42 Å². The van der Waals surface area contributed by atoms with Gasteiger partial charge in [0.15, 0.2) is 9.84 Å². The van der Waals surface area contributed by atoms with Gasteiger partial charge in [0.25, 0.3) is 0 Å². The Labute approximate surface area is 142 Å². The molecule has 2 nitrogen and oxygen atoms in total. The van der Waals surface area contributed by atoms with E-state index in [1.807, 2.05) is 24.3 Å². The van der Waals surface area contributed by atoms with E-state index in [4.69, 9.17) is 11.6 Å². The van der Waals surface area contributed by atoms with Gasteiger partial charge < -0.3 is 0 Å². The average molecular weight is 396 g/mol. The van der Waals surface area contributed by atoms with Crippen molar-refractivity contribution in [3.8, 4) is 0 Å². The third kappa shape index (κ3) is 3.35. The fourth-order valence-electron chi connectivity index (χ4n) is 2.27. The lowest BCUT2D eigenvalue weighted by molar-refractivity contribution is 0.595. The van der Waals surface area contributed by atoms with Crippen LogP contribution < -0.4 is 0 Å². The number of halogens is 2. The summed E-state index contributed by atoms with van der Waals surface area (Å²) in [5, 5.41) is 2.50. The summed E-state index contributed by atoms with van der Waals surface area (Å²) >= 11 is 9.24. The second-order valence-electron chi connectivity index (χ2n) is 5.04. The Morgan fingerprint density at radius 3 is 2.23 bits per heavy atom. The molecule has 22 heavy (non-hydrogen) atoms. The molecule has 5 heteroatoms. The molecule has 0 fully saturated rings. The lowest BCUT2D eigenvalue weighted by atomic mass is 10.1. The van der Waals surface area contributed by atoms with Crippen LogP contribution in [0.2, 0.25) is 5.02 Å². The van der Waals surface area contributed by atoms with Crippen LogP contribution in [0.15, 0.2) is 70.0 Å². The minimum atomic E-state index is -3.38. The maximum Gasteiger partial charge on any atom is 0.182 e. The molecule has 3 aromatic rings. The third-order valence-electron chi connectivity index (χ3n) is 3.40. The van der Waals surface area contributed by atoms with Gasteiger partial charge in [0, 0.05) is 9.50 Å². The Morgan fingerprint density at radius 1 is 0.864 bits per heavy atom. The zero-order valence-corrected chi connectivity index (χ0v) is 14.6. The monoisotopic (exact) mass is 394 g/mol. The molecule has 0 amide bonds. The van der Waals surface area contributed by atoms with Gasteiger partial charge in [0.1, 0.15) is 0 Å². The molecule has 0 atom stereocenters.